The number of hydrogen-bond acceptors (Lipinski definition) is 2. The lowest BCUT2D eigenvalue weighted by atomic mass is 10.0. The zero-order valence-corrected chi connectivity index (χ0v) is 29.8. The van der Waals surface area contributed by atoms with Gasteiger partial charge in [-0.2, -0.15) is 0 Å². The molecule has 0 fully saturated rings. The van der Waals surface area contributed by atoms with E-state index in [1.54, 1.807) is 0 Å². The van der Waals surface area contributed by atoms with Crippen molar-refractivity contribution in [2.75, 3.05) is 6.61 Å². The Labute approximate surface area is 266 Å². The van der Waals surface area contributed by atoms with Crippen LogP contribution >= 0.6 is 0 Å². The van der Waals surface area contributed by atoms with E-state index in [0.717, 1.165) is 24.7 Å². The van der Waals surface area contributed by atoms with Crippen molar-refractivity contribution in [2.45, 2.75) is 233 Å². The highest BCUT2D eigenvalue weighted by molar-refractivity contribution is 5.69. The highest BCUT2D eigenvalue weighted by atomic mass is 16.5. The molecule has 0 aliphatic heterocycles. The molecule has 0 unspecified atom stereocenters. The highest BCUT2D eigenvalue weighted by Gasteiger charge is 2.03. The summed E-state index contributed by atoms with van der Waals surface area (Å²) in [7, 11) is 0. The summed E-state index contributed by atoms with van der Waals surface area (Å²) < 4.78 is 5.46. The maximum atomic E-state index is 12.0. The van der Waals surface area contributed by atoms with E-state index in [1.807, 2.05) is 0 Å². The topological polar surface area (TPSA) is 26.3 Å². The molecule has 2 heteroatoms. The standard InChI is InChI=1S/C40H80O2/c1-38(2)34-30-26-22-18-14-10-6-5-9-13-17-21-25-29-33-37-42-40(41)36-32-28-24-20-16-12-8-7-11-15-19-23-27-31-35-39(3)4/h38-39H,5-37H2,1-4H3. The quantitative estimate of drug-likeness (QED) is 0.0540. The lowest BCUT2D eigenvalue weighted by Gasteiger charge is -2.06. The van der Waals surface area contributed by atoms with Crippen LogP contribution in [-0.4, -0.2) is 12.6 Å². The fraction of sp³-hybridized carbons (Fsp3) is 0.975. The minimum absolute atomic E-state index is 0.0287. The summed E-state index contributed by atoms with van der Waals surface area (Å²) in [6.45, 7) is 9.97. The molecule has 0 aliphatic carbocycles. The average molecular weight is 593 g/mol. The molecule has 252 valence electrons. The van der Waals surface area contributed by atoms with Crippen LogP contribution in [0.2, 0.25) is 0 Å². The molecule has 0 atom stereocenters. The number of esters is 1. The summed E-state index contributed by atoms with van der Waals surface area (Å²) in [6, 6.07) is 0. The zero-order valence-electron chi connectivity index (χ0n) is 29.8. The van der Waals surface area contributed by atoms with Gasteiger partial charge in [-0.05, 0) is 24.7 Å². The van der Waals surface area contributed by atoms with E-state index in [-0.39, 0.29) is 5.97 Å². The first-order chi connectivity index (χ1) is 20.5. The van der Waals surface area contributed by atoms with Crippen LogP contribution in [0.1, 0.15) is 233 Å². The van der Waals surface area contributed by atoms with Gasteiger partial charge in [-0.25, -0.2) is 0 Å². The van der Waals surface area contributed by atoms with Crippen molar-refractivity contribution in [1.82, 2.24) is 0 Å². The van der Waals surface area contributed by atoms with Gasteiger partial charge in [0.25, 0.3) is 0 Å². The van der Waals surface area contributed by atoms with Gasteiger partial charge in [-0.1, -0.05) is 214 Å². The molecule has 0 aromatic carbocycles. The zero-order chi connectivity index (χ0) is 30.8. The minimum Gasteiger partial charge on any atom is -0.466 e. The molecule has 0 saturated heterocycles. The third-order valence-electron chi connectivity index (χ3n) is 9.10. The van der Waals surface area contributed by atoms with Crippen molar-refractivity contribution in [3.8, 4) is 0 Å². The van der Waals surface area contributed by atoms with Gasteiger partial charge in [0.1, 0.15) is 0 Å². The Balaban J connectivity index is 3.16. The van der Waals surface area contributed by atoms with Gasteiger partial charge in [-0.15, -0.1) is 0 Å². The second-order valence-corrected chi connectivity index (χ2v) is 14.6. The van der Waals surface area contributed by atoms with Crippen molar-refractivity contribution >= 4 is 5.97 Å². The monoisotopic (exact) mass is 593 g/mol. The molecule has 0 radical (unpaired) electrons. The van der Waals surface area contributed by atoms with Crippen LogP contribution < -0.4 is 0 Å². The number of unbranched alkanes of at least 4 members (excludes halogenated alkanes) is 27. The van der Waals surface area contributed by atoms with Crippen molar-refractivity contribution < 1.29 is 9.53 Å². The Morgan fingerprint density at radius 2 is 0.595 bits per heavy atom. The Hall–Kier alpha value is -0.530. The molecule has 0 heterocycles. The Bertz CT molecular complexity index is 512. The second-order valence-electron chi connectivity index (χ2n) is 14.6. The van der Waals surface area contributed by atoms with E-state index >= 15 is 0 Å². The highest BCUT2D eigenvalue weighted by Crippen LogP contribution is 2.16. The third-order valence-corrected chi connectivity index (χ3v) is 9.10. The first kappa shape index (κ1) is 41.5. The minimum atomic E-state index is 0.0287. The first-order valence-electron chi connectivity index (χ1n) is 19.7. The average Bonchev–Trinajstić information content (AvgIpc) is 2.96. The first-order valence-corrected chi connectivity index (χ1v) is 19.7. The van der Waals surface area contributed by atoms with Crippen LogP contribution in [0.15, 0.2) is 0 Å². The Kier molecular flexibility index (Phi) is 34.5. The molecule has 0 bridgehead atoms. The van der Waals surface area contributed by atoms with E-state index < -0.39 is 0 Å². The van der Waals surface area contributed by atoms with Gasteiger partial charge in [0.05, 0.1) is 6.61 Å². The molecule has 42 heavy (non-hydrogen) atoms. The molecule has 0 amide bonds. The number of ether oxygens (including phenoxy) is 1. The second kappa shape index (κ2) is 35.0. The molecule has 0 N–H and O–H groups in total. The van der Waals surface area contributed by atoms with Gasteiger partial charge in [0, 0.05) is 6.42 Å². The van der Waals surface area contributed by atoms with E-state index in [9.17, 15) is 4.79 Å². The fourth-order valence-electron chi connectivity index (χ4n) is 6.15. The molecule has 0 spiro atoms. The molecule has 0 rings (SSSR count). The van der Waals surface area contributed by atoms with E-state index in [1.165, 1.54) is 186 Å². The smallest absolute Gasteiger partial charge is 0.305 e. The number of hydrogen-bond donors (Lipinski definition) is 0. The number of carbonyl (C=O) groups is 1. The van der Waals surface area contributed by atoms with Crippen molar-refractivity contribution in [3.05, 3.63) is 0 Å². The molecule has 0 saturated carbocycles. The largest absolute Gasteiger partial charge is 0.466 e. The predicted molar refractivity (Wildman–Crippen MR) is 188 cm³/mol. The van der Waals surface area contributed by atoms with Crippen LogP contribution in [0, 0.1) is 11.8 Å². The number of rotatable bonds is 35. The van der Waals surface area contributed by atoms with Crippen LogP contribution in [0.3, 0.4) is 0 Å². The predicted octanol–water partition coefficient (Wildman–Crippen LogP) is 14.3. The van der Waals surface area contributed by atoms with Crippen molar-refractivity contribution in [3.63, 3.8) is 0 Å². The normalized spacial score (nSPS) is 11.7. The fourth-order valence-corrected chi connectivity index (χ4v) is 6.15. The van der Waals surface area contributed by atoms with Gasteiger partial charge in [0.2, 0.25) is 0 Å². The van der Waals surface area contributed by atoms with Crippen LogP contribution in [0.4, 0.5) is 0 Å². The summed E-state index contributed by atoms with van der Waals surface area (Å²) in [6.07, 6.45) is 43.2. The van der Waals surface area contributed by atoms with Gasteiger partial charge in [-0.3, -0.25) is 4.79 Å². The summed E-state index contributed by atoms with van der Waals surface area (Å²) in [5, 5.41) is 0. The van der Waals surface area contributed by atoms with Gasteiger partial charge < -0.3 is 4.74 Å². The van der Waals surface area contributed by atoms with Gasteiger partial charge >= 0.3 is 5.97 Å². The molecular formula is C40H80O2. The SMILES string of the molecule is CC(C)CCCCCCCCCCCCCCCCCOC(=O)CCCCCCCCCCCCCCCCC(C)C. The van der Waals surface area contributed by atoms with Gasteiger partial charge in [0.15, 0.2) is 0 Å². The lowest BCUT2D eigenvalue weighted by Crippen LogP contribution is -2.05. The molecule has 0 aromatic rings. The molecular weight excluding hydrogens is 512 g/mol. The van der Waals surface area contributed by atoms with Crippen molar-refractivity contribution in [1.29, 1.82) is 0 Å². The summed E-state index contributed by atoms with van der Waals surface area (Å²) in [4.78, 5) is 12.0. The number of carbonyl (C=O) groups excluding carboxylic acids is 1. The molecule has 0 aliphatic rings. The summed E-state index contributed by atoms with van der Waals surface area (Å²) in [5.74, 6) is 1.78. The van der Waals surface area contributed by atoms with Crippen LogP contribution in [0.5, 0.6) is 0 Å². The van der Waals surface area contributed by atoms with E-state index in [0.29, 0.717) is 13.0 Å². The van der Waals surface area contributed by atoms with Crippen LogP contribution in [-0.2, 0) is 9.53 Å². The maximum Gasteiger partial charge on any atom is 0.305 e. The summed E-state index contributed by atoms with van der Waals surface area (Å²) >= 11 is 0. The van der Waals surface area contributed by atoms with Crippen molar-refractivity contribution in [2.24, 2.45) is 11.8 Å². The molecule has 0 aromatic heterocycles. The van der Waals surface area contributed by atoms with E-state index in [2.05, 4.69) is 27.7 Å². The Morgan fingerprint density at radius 3 is 0.881 bits per heavy atom. The maximum absolute atomic E-state index is 12.0. The van der Waals surface area contributed by atoms with E-state index in [4.69, 9.17) is 4.74 Å². The Morgan fingerprint density at radius 1 is 0.357 bits per heavy atom. The summed E-state index contributed by atoms with van der Waals surface area (Å²) in [5.41, 5.74) is 0. The third kappa shape index (κ3) is 37.5. The van der Waals surface area contributed by atoms with Crippen LogP contribution in [0.25, 0.3) is 0 Å². The lowest BCUT2D eigenvalue weighted by molar-refractivity contribution is -0.143. The molecule has 2 nitrogen and oxygen atoms in total.